The summed E-state index contributed by atoms with van der Waals surface area (Å²) in [6, 6.07) is 12.0. The molecule has 5 nitrogen and oxygen atoms in total. The van der Waals surface area contributed by atoms with Gasteiger partial charge in [-0.2, -0.15) is 17.6 Å². The number of anilines is 1. The molecule has 2 aromatic rings. The number of thioether (sulfide) groups is 2. The third-order valence-corrected chi connectivity index (χ3v) is 6.32. The largest absolute Gasteiger partial charge is 0.434 e. The number of rotatable bonds is 9. The Morgan fingerprint density at radius 3 is 2.52 bits per heavy atom. The number of ether oxygens (including phenoxy) is 1. The molecule has 2 aromatic carbocycles. The second kappa shape index (κ2) is 11.5. The molecule has 1 saturated heterocycles. The average molecular weight is 517 g/mol. The molecule has 3 rings (SSSR count). The number of benzene rings is 2. The number of amides is 2. The lowest BCUT2D eigenvalue weighted by Gasteiger charge is -2.14. The third kappa shape index (κ3) is 7.21. The lowest BCUT2D eigenvalue weighted by Crippen LogP contribution is -2.31. The highest BCUT2D eigenvalue weighted by Crippen LogP contribution is 2.34. The summed E-state index contributed by atoms with van der Waals surface area (Å²) < 4.78 is 54.7. The number of hydrogen-bond donors (Lipinski definition) is 1. The Balaban J connectivity index is 1.59. The van der Waals surface area contributed by atoms with Crippen LogP contribution < -0.4 is 10.1 Å². The SMILES string of the molecule is O=C(CCN1C(=O)C(=Cc2ccccc2OC(F)F)SC1=S)Nc1ccc(SC(F)F)cc1. The van der Waals surface area contributed by atoms with Crippen molar-refractivity contribution in [2.75, 3.05) is 11.9 Å². The van der Waals surface area contributed by atoms with Crippen LogP contribution in [0.1, 0.15) is 12.0 Å². The lowest BCUT2D eigenvalue weighted by molar-refractivity contribution is -0.122. The van der Waals surface area contributed by atoms with Crippen LogP contribution in [0.15, 0.2) is 58.3 Å². The maximum Gasteiger partial charge on any atom is 0.387 e. The van der Waals surface area contributed by atoms with Crippen molar-refractivity contribution in [3.05, 3.63) is 59.0 Å². The zero-order valence-electron chi connectivity index (χ0n) is 16.7. The molecule has 1 aliphatic rings. The van der Waals surface area contributed by atoms with Gasteiger partial charge in [0.05, 0.1) is 4.91 Å². The van der Waals surface area contributed by atoms with E-state index in [4.69, 9.17) is 12.2 Å². The Hall–Kier alpha value is -2.57. The van der Waals surface area contributed by atoms with Crippen LogP contribution in [0.3, 0.4) is 0 Å². The van der Waals surface area contributed by atoms with Gasteiger partial charge in [0, 0.05) is 29.1 Å². The smallest absolute Gasteiger partial charge is 0.387 e. The van der Waals surface area contributed by atoms with Crippen LogP contribution in [0.2, 0.25) is 0 Å². The van der Waals surface area contributed by atoms with Gasteiger partial charge in [-0.3, -0.25) is 14.5 Å². The normalized spacial score (nSPS) is 15.1. The fourth-order valence-corrected chi connectivity index (χ4v) is 4.59. The molecule has 0 aromatic heterocycles. The van der Waals surface area contributed by atoms with E-state index < -0.39 is 24.2 Å². The first-order chi connectivity index (χ1) is 15.7. The molecule has 0 unspecified atom stereocenters. The molecule has 174 valence electrons. The molecular weight excluding hydrogens is 500 g/mol. The molecule has 0 spiro atoms. The van der Waals surface area contributed by atoms with Crippen LogP contribution in [0.4, 0.5) is 23.2 Å². The molecule has 1 aliphatic heterocycles. The second-order valence-corrected chi connectivity index (χ2v) is 9.19. The Labute approximate surface area is 200 Å². The summed E-state index contributed by atoms with van der Waals surface area (Å²) in [7, 11) is 0. The number of hydrogen-bond acceptors (Lipinski definition) is 6. The molecule has 33 heavy (non-hydrogen) atoms. The van der Waals surface area contributed by atoms with Crippen molar-refractivity contribution < 1.29 is 31.9 Å². The van der Waals surface area contributed by atoms with Crippen molar-refractivity contribution in [1.82, 2.24) is 4.90 Å². The fourth-order valence-electron chi connectivity index (χ4n) is 2.79. The van der Waals surface area contributed by atoms with Gasteiger partial charge in [0.2, 0.25) is 5.91 Å². The maximum absolute atomic E-state index is 12.7. The lowest BCUT2D eigenvalue weighted by atomic mass is 10.2. The summed E-state index contributed by atoms with van der Waals surface area (Å²) in [4.78, 5) is 26.8. The van der Waals surface area contributed by atoms with Gasteiger partial charge in [0.1, 0.15) is 10.1 Å². The zero-order valence-corrected chi connectivity index (χ0v) is 19.1. The first kappa shape index (κ1) is 25.1. The van der Waals surface area contributed by atoms with Gasteiger partial charge in [-0.05, 0) is 36.4 Å². The molecule has 1 N–H and O–H groups in total. The highest BCUT2D eigenvalue weighted by Gasteiger charge is 2.32. The van der Waals surface area contributed by atoms with Gasteiger partial charge in [0.15, 0.2) is 0 Å². The molecule has 1 fully saturated rings. The van der Waals surface area contributed by atoms with Crippen molar-refractivity contribution in [3.63, 3.8) is 0 Å². The van der Waals surface area contributed by atoms with Crippen LogP contribution in [-0.4, -0.2) is 39.9 Å². The van der Waals surface area contributed by atoms with Gasteiger partial charge < -0.3 is 10.1 Å². The van der Waals surface area contributed by atoms with E-state index in [1.54, 1.807) is 6.07 Å². The quantitative estimate of drug-likeness (QED) is 0.196. The first-order valence-electron chi connectivity index (χ1n) is 9.37. The highest BCUT2D eigenvalue weighted by molar-refractivity contribution is 8.26. The van der Waals surface area contributed by atoms with Crippen molar-refractivity contribution in [3.8, 4) is 5.75 Å². The maximum atomic E-state index is 12.7. The van der Waals surface area contributed by atoms with E-state index in [0.29, 0.717) is 27.9 Å². The number of para-hydroxylation sites is 1. The molecule has 1 heterocycles. The molecule has 12 heteroatoms. The number of carbonyl (C=O) groups is 2. The minimum absolute atomic E-state index is 0.0162. The predicted molar refractivity (Wildman–Crippen MR) is 125 cm³/mol. The number of nitrogens with zero attached hydrogens (tertiary/aromatic N) is 1. The molecular formula is C21H16F4N2O3S3. The van der Waals surface area contributed by atoms with Crippen molar-refractivity contribution >= 4 is 63.6 Å². The molecule has 2 amide bonds. The Morgan fingerprint density at radius 1 is 1.15 bits per heavy atom. The van der Waals surface area contributed by atoms with Gasteiger partial charge >= 0.3 is 6.61 Å². The average Bonchev–Trinajstić information content (AvgIpc) is 3.01. The van der Waals surface area contributed by atoms with Crippen LogP contribution in [0, 0.1) is 0 Å². The molecule has 0 bridgehead atoms. The van der Waals surface area contributed by atoms with E-state index in [1.165, 1.54) is 53.4 Å². The van der Waals surface area contributed by atoms with Gasteiger partial charge in [-0.1, -0.05) is 53.9 Å². The highest BCUT2D eigenvalue weighted by atomic mass is 32.2. The molecule has 0 atom stereocenters. The summed E-state index contributed by atoms with van der Waals surface area (Å²) in [5, 5.41) is 2.63. The zero-order chi connectivity index (χ0) is 24.0. The molecule has 0 radical (unpaired) electrons. The minimum Gasteiger partial charge on any atom is -0.434 e. The summed E-state index contributed by atoms with van der Waals surface area (Å²) in [6.45, 7) is -2.99. The van der Waals surface area contributed by atoms with E-state index >= 15 is 0 Å². The van der Waals surface area contributed by atoms with Crippen molar-refractivity contribution in [2.24, 2.45) is 0 Å². The van der Waals surface area contributed by atoms with E-state index in [1.807, 2.05) is 0 Å². The third-order valence-electron chi connectivity index (χ3n) is 4.22. The van der Waals surface area contributed by atoms with E-state index in [9.17, 15) is 27.2 Å². The van der Waals surface area contributed by atoms with Crippen LogP contribution in [-0.2, 0) is 9.59 Å². The Morgan fingerprint density at radius 2 is 1.85 bits per heavy atom. The Bertz CT molecular complexity index is 1060. The van der Waals surface area contributed by atoms with E-state index in [0.717, 1.165) is 11.8 Å². The van der Waals surface area contributed by atoms with Crippen LogP contribution >= 0.6 is 35.7 Å². The summed E-state index contributed by atoms with van der Waals surface area (Å²) in [5.41, 5.74) is 0.726. The van der Waals surface area contributed by atoms with Crippen LogP contribution in [0.5, 0.6) is 5.75 Å². The predicted octanol–water partition coefficient (Wildman–Crippen LogP) is 5.83. The summed E-state index contributed by atoms with van der Waals surface area (Å²) >= 11 is 6.62. The minimum atomic E-state index is -3.01. The van der Waals surface area contributed by atoms with Gasteiger partial charge in [-0.25, -0.2) is 0 Å². The van der Waals surface area contributed by atoms with Gasteiger partial charge in [0.25, 0.3) is 11.7 Å². The number of nitrogens with one attached hydrogen (secondary N) is 1. The van der Waals surface area contributed by atoms with Crippen LogP contribution in [0.25, 0.3) is 6.08 Å². The number of halogens is 4. The first-order valence-corrected chi connectivity index (χ1v) is 11.5. The number of alkyl halides is 4. The summed E-state index contributed by atoms with van der Waals surface area (Å²) in [6.07, 6.45) is 1.36. The molecule has 0 aliphatic carbocycles. The standard InChI is InChI=1S/C21H16F4N2O3S3/c22-19(23)30-15-4-2-1-3-12(15)11-16-18(29)27(21(31)33-16)10-9-17(28)26-13-5-7-14(8-6-13)32-20(24)25/h1-8,11,19-20H,9-10H2,(H,26,28). The second-order valence-electron chi connectivity index (χ2n) is 6.45. The monoisotopic (exact) mass is 516 g/mol. The van der Waals surface area contributed by atoms with Crippen molar-refractivity contribution in [2.45, 2.75) is 23.7 Å². The van der Waals surface area contributed by atoms with E-state index in [-0.39, 0.29) is 27.9 Å². The Kier molecular flexibility index (Phi) is 8.75. The van der Waals surface area contributed by atoms with Crippen molar-refractivity contribution in [1.29, 1.82) is 0 Å². The van der Waals surface area contributed by atoms with E-state index in [2.05, 4.69) is 10.1 Å². The molecule has 0 saturated carbocycles. The number of carbonyl (C=O) groups excluding carboxylic acids is 2. The fraction of sp³-hybridized carbons (Fsp3) is 0.190. The summed E-state index contributed by atoms with van der Waals surface area (Å²) in [5.74, 6) is -3.44. The topological polar surface area (TPSA) is 58.6 Å². The van der Waals surface area contributed by atoms with Gasteiger partial charge in [-0.15, -0.1) is 0 Å². The number of thiocarbonyl (C=S) groups is 1.